The van der Waals surface area contributed by atoms with Gasteiger partial charge in [0.15, 0.2) is 0 Å². The van der Waals surface area contributed by atoms with Crippen LogP contribution < -0.4 is 5.73 Å². The van der Waals surface area contributed by atoms with E-state index in [1.165, 1.54) is 0 Å². The first kappa shape index (κ1) is 14.2. The molecule has 3 rings (SSSR count). The lowest BCUT2D eigenvalue weighted by Gasteiger charge is -2.32. The zero-order chi connectivity index (χ0) is 14.9. The van der Waals surface area contributed by atoms with Crippen molar-refractivity contribution in [2.45, 2.75) is 32.1 Å². The standard InChI is InChI=1S/C15H20N4O2/c1-10-7-11(2)12(17-8-10)13-18-14(21-19-13)15(9-16)3-5-20-6-4-15/h7-8H,3-6,9,16H2,1-2H3. The minimum absolute atomic E-state index is 0.262. The van der Waals surface area contributed by atoms with Gasteiger partial charge in [0.05, 0.1) is 5.41 Å². The third kappa shape index (κ3) is 2.56. The van der Waals surface area contributed by atoms with E-state index in [-0.39, 0.29) is 5.41 Å². The zero-order valence-corrected chi connectivity index (χ0v) is 12.4. The summed E-state index contributed by atoms with van der Waals surface area (Å²) < 4.78 is 10.9. The topological polar surface area (TPSA) is 87.1 Å². The van der Waals surface area contributed by atoms with E-state index in [0.29, 0.717) is 31.5 Å². The van der Waals surface area contributed by atoms with Gasteiger partial charge in [-0.2, -0.15) is 4.98 Å². The lowest BCUT2D eigenvalue weighted by Crippen LogP contribution is -2.40. The number of nitrogens with zero attached hydrogens (tertiary/aromatic N) is 3. The Labute approximate surface area is 123 Å². The molecule has 0 radical (unpaired) electrons. The molecule has 2 aromatic heterocycles. The molecule has 0 saturated carbocycles. The van der Waals surface area contributed by atoms with Crippen molar-refractivity contribution in [1.29, 1.82) is 0 Å². The molecular formula is C15H20N4O2. The lowest BCUT2D eigenvalue weighted by molar-refractivity contribution is 0.0409. The molecule has 0 amide bonds. The second-order valence-electron chi connectivity index (χ2n) is 5.70. The molecule has 6 heteroatoms. The highest BCUT2D eigenvalue weighted by molar-refractivity contribution is 5.54. The number of ether oxygens (including phenoxy) is 1. The van der Waals surface area contributed by atoms with Crippen molar-refractivity contribution < 1.29 is 9.26 Å². The van der Waals surface area contributed by atoms with Gasteiger partial charge in [0.2, 0.25) is 11.7 Å². The maximum atomic E-state index is 5.97. The molecule has 1 aliphatic heterocycles. The monoisotopic (exact) mass is 288 g/mol. The van der Waals surface area contributed by atoms with Gasteiger partial charge in [0, 0.05) is 26.0 Å². The highest BCUT2D eigenvalue weighted by atomic mass is 16.5. The Kier molecular flexibility index (Phi) is 3.73. The summed E-state index contributed by atoms with van der Waals surface area (Å²) in [6.07, 6.45) is 3.43. The summed E-state index contributed by atoms with van der Waals surface area (Å²) >= 11 is 0. The smallest absolute Gasteiger partial charge is 0.234 e. The fraction of sp³-hybridized carbons (Fsp3) is 0.533. The van der Waals surface area contributed by atoms with Crippen LogP contribution in [0.3, 0.4) is 0 Å². The fourth-order valence-corrected chi connectivity index (χ4v) is 2.75. The number of nitrogens with two attached hydrogens (primary N) is 1. The Balaban J connectivity index is 1.95. The third-order valence-electron chi connectivity index (χ3n) is 4.15. The maximum Gasteiger partial charge on any atom is 0.234 e. The number of aryl methyl sites for hydroxylation is 2. The van der Waals surface area contributed by atoms with Crippen molar-refractivity contribution in [2.75, 3.05) is 19.8 Å². The summed E-state index contributed by atoms with van der Waals surface area (Å²) in [5.41, 5.74) is 8.62. The van der Waals surface area contributed by atoms with E-state index in [0.717, 1.165) is 29.7 Å². The summed E-state index contributed by atoms with van der Waals surface area (Å²) in [4.78, 5) is 8.98. The van der Waals surface area contributed by atoms with Gasteiger partial charge in [-0.3, -0.25) is 4.98 Å². The van der Waals surface area contributed by atoms with E-state index in [1.54, 1.807) is 0 Å². The van der Waals surface area contributed by atoms with Gasteiger partial charge in [-0.25, -0.2) is 0 Å². The molecule has 0 aromatic carbocycles. The fourth-order valence-electron chi connectivity index (χ4n) is 2.75. The molecule has 1 fully saturated rings. The molecule has 1 saturated heterocycles. The summed E-state index contributed by atoms with van der Waals surface area (Å²) in [6, 6.07) is 2.06. The second kappa shape index (κ2) is 5.54. The van der Waals surface area contributed by atoms with Crippen LogP contribution in [0.1, 0.15) is 29.9 Å². The molecule has 1 aliphatic rings. The molecular weight excluding hydrogens is 268 g/mol. The molecule has 2 N–H and O–H groups in total. The first-order valence-corrected chi connectivity index (χ1v) is 7.20. The van der Waals surface area contributed by atoms with E-state index >= 15 is 0 Å². The first-order chi connectivity index (χ1) is 10.1. The number of pyridine rings is 1. The maximum absolute atomic E-state index is 5.97. The van der Waals surface area contributed by atoms with Gasteiger partial charge in [-0.05, 0) is 37.8 Å². The van der Waals surface area contributed by atoms with Crippen LogP contribution in [-0.2, 0) is 10.2 Å². The molecule has 0 atom stereocenters. The second-order valence-corrected chi connectivity index (χ2v) is 5.70. The molecule has 0 spiro atoms. The molecule has 2 aromatic rings. The van der Waals surface area contributed by atoms with Crippen LogP contribution in [0.25, 0.3) is 11.5 Å². The van der Waals surface area contributed by atoms with Crippen molar-refractivity contribution >= 4 is 0 Å². The van der Waals surface area contributed by atoms with Crippen LogP contribution in [0, 0.1) is 13.8 Å². The predicted molar refractivity (Wildman–Crippen MR) is 77.8 cm³/mol. The molecule has 112 valence electrons. The summed E-state index contributed by atoms with van der Waals surface area (Å²) in [7, 11) is 0. The van der Waals surface area contributed by atoms with Gasteiger partial charge in [-0.15, -0.1) is 0 Å². The van der Waals surface area contributed by atoms with Crippen molar-refractivity contribution in [3.63, 3.8) is 0 Å². The normalized spacial score (nSPS) is 17.9. The van der Waals surface area contributed by atoms with E-state index in [4.69, 9.17) is 15.0 Å². The molecule has 0 bridgehead atoms. The van der Waals surface area contributed by atoms with Crippen LogP contribution in [0.5, 0.6) is 0 Å². The van der Waals surface area contributed by atoms with Crippen molar-refractivity contribution in [3.8, 4) is 11.5 Å². The molecule has 0 aliphatic carbocycles. The van der Waals surface area contributed by atoms with E-state index in [9.17, 15) is 0 Å². The first-order valence-electron chi connectivity index (χ1n) is 7.20. The van der Waals surface area contributed by atoms with Crippen LogP contribution in [0.2, 0.25) is 0 Å². The summed E-state index contributed by atoms with van der Waals surface area (Å²) in [6.45, 7) is 5.85. The highest BCUT2D eigenvalue weighted by Crippen LogP contribution is 2.33. The van der Waals surface area contributed by atoms with E-state index in [2.05, 4.69) is 21.2 Å². The number of rotatable bonds is 3. The summed E-state index contributed by atoms with van der Waals surface area (Å²) in [5.74, 6) is 1.13. The predicted octanol–water partition coefficient (Wildman–Crippen LogP) is 1.76. The van der Waals surface area contributed by atoms with Crippen LogP contribution >= 0.6 is 0 Å². The largest absolute Gasteiger partial charge is 0.381 e. The highest BCUT2D eigenvalue weighted by Gasteiger charge is 2.38. The number of aromatic nitrogens is 3. The van der Waals surface area contributed by atoms with E-state index < -0.39 is 0 Å². The molecule has 3 heterocycles. The molecule has 0 unspecified atom stereocenters. The van der Waals surface area contributed by atoms with Gasteiger partial charge in [-0.1, -0.05) is 11.2 Å². The Morgan fingerprint density at radius 1 is 1.29 bits per heavy atom. The SMILES string of the molecule is Cc1cnc(-c2noc(C3(CN)CCOCC3)n2)c(C)c1. The lowest BCUT2D eigenvalue weighted by atomic mass is 9.80. The Morgan fingerprint density at radius 3 is 2.71 bits per heavy atom. The molecule has 21 heavy (non-hydrogen) atoms. The third-order valence-corrected chi connectivity index (χ3v) is 4.15. The van der Waals surface area contributed by atoms with Crippen LogP contribution in [-0.4, -0.2) is 34.9 Å². The Morgan fingerprint density at radius 2 is 2.05 bits per heavy atom. The van der Waals surface area contributed by atoms with Gasteiger partial charge < -0.3 is 15.0 Å². The number of hydrogen-bond acceptors (Lipinski definition) is 6. The van der Waals surface area contributed by atoms with Crippen molar-refractivity contribution in [1.82, 2.24) is 15.1 Å². The quantitative estimate of drug-likeness (QED) is 0.926. The van der Waals surface area contributed by atoms with Gasteiger partial charge in [0.1, 0.15) is 5.69 Å². The average molecular weight is 288 g/mol. The average Bonchev–Trinajstić information content (AvgIpc) is 2.98. The van der Waals surface area contributed by atoms with Gasteiger partial charge in [0.25, 0.3) is 0 Å². The zero-order valence-electron chi connectivity index (χ0n) is 12.4. The number of hydrogen-bond donors (Lipinski definition) is 1. The van der Waals surface area contributed by atoms with Crippen LogP contribution in [0.15, 0.2) is 16.8 Å². The van der Waals surface area contributed by atoms with Crippen molar-refractivity contribution in [2.24, 2.45) is 5.73 Å². The minimum atomic E-state index is -0.262. The molecule has 6 nitrogen and oxygen atoms in total. The minimum Gasteiger partial charge on any atom is -0.381 e. The van der Waals surface area contributed by atoms with Crippen LogP contribution in [0.4, 0.5) is 0 Å². The van der Waals surface area contributed by atoms with Crippen molar-refractivity contribution in [3.05, 3.63) is 29.3 Å². The summed E-state index contributed by atoms with van der Waals surface area (Å²) in [5, 5.41) is 4.10. The Bertz CT molecular complexity index is 632. The van der Waals surface area contributed by atoms with Gasteiger partial charge >= 0.3 is 0 Å². The van der Waals surface area contributed by atoms with E-state index in [1.807, 2.05) is 20.0 Å². The Hall–Kier alpha value is -1.79.